The Morgan fingerprint density at radius 1 is 0.647 bits per heavy atom. The molecule has 0 spiro atoms. The van der Waals surface area contributed by atoms with Crippen LogP contribution in [0.2, 0.25) is 54.4 Å². The van der Waals surface area contributed by atoms with E-state index in [4.69, 9.17) is 51.2 Å². The fraction of sp³-hybridized carbons (Fsp3) is 0.641. The monoisotopic (exact) mass is 1360 g/mol. The average molecular weight is 1370 g/mol. The number of hydrogen-bond donors (Lipinski definition) is 0. The Labute approximate surface area is 524 Å². The Morgan fingerprint density at radius 3 is 1.67 bits per heavy atom. The van der Waals surface area contributed by atoms with Crippen molar-refractivity contribution in [2.24, 2.45) is 5.92 Å². The van der Waals surface area contributed by atoms with Crippen LogP contribution in [0.1, 0.15) is 115 Å². The smallest absolute Gasteiger partial charge is 0.338 e. The number of rotatable bonds is 26. The van der Waals surface area contributed by atoms with Gasteiger partial charge < -0.3 is 51.2 Å². The summed E-state index contributed by atoms with van der Waals surface area (Å²) in [5.74, 6) is -3.12. The van der Waals surface area contributed by atoms with Gasteiger partial charge in [-0.2, -0.15) is 0 Å². The van der Waals surface area contributed by atoms with Gasteiger partial charge in [0.25, 0.3) is 0 Å². The van der Waals surface area contributed by atoms with Gasteiger partial charge in [0.05, 0.1) is 52.6 Å². The number of methoxy groups -OCH3 is 3. The van der Waals surface area contributed by atoms with E-state index in [1.165, 1.54) is 33.5 Å². The number of ketones is 1. The van der Waals surface area contributed by atoms with Crippen molar-refractivity contribution in [1.29, 1.82) is 0 Å². The standard InChI is InChI=1S/C64H97IO16SSi3/c1-62(2,3)83(13,14)79-49(36-37-65)56-58(81-85(17,18)64(7,8)9)57(80-84(15,16)63(4,5)6)55-48(78-56)35-34-44(75-55)38-47(66)59(82(69,70)46-32-26-21-27-33-46)53-50(40-52(71-10)72-11)77-51(54(53)73-12)39-45(76-61(68)43-30-24-20-25-31-43)41-74-60(67)42-28-22-19-23-29-42/h19-33,36-37,44-45,48-59H,34-35,38-41H2,1-18H3/b37-36+/t44-,45+,48+,49+,50+,51-,53+,54+,55+,56+,57+,58-,59+/m1/s1. The summed E-state index contributed by atoms with van der Waals surface area (Å²) in [4.78, 5) is 43.0. The largest absolute Gasteiger partial charge is 0.458 e. The van der Waals surface area contributed by atoms with Crippen molar-refractivity contribution < 1.29 is 74.0 Å². The summed E-state index contributed by atoms with van der Waals surface area (Å²) in [5, 5.41) is -2.31. The number of Topliss-reactive ketones (excluding diaryl/α,β-unsaturated/α-hetero) is 1. The number of carbonyl (C=O) groups excluding carboxylic acids is 3. The van der Waals surface area contributed by atoms with E-state index in [1.807, 2.05) is 4.08 Å². The number of esters is 2. The molecule has 0 radical (unpaired) electrons. The Hall–Kier alpha value is -3.02. The van der Waals surface area contributed by atoms with E-state index in [1.54, 1.807) is 78.9 Å². The molecule has 0 amide bonds. The second-order valence-electron chi connectivity index (χ2n) is 27.5. The molecule has 474 valence electrons. The Kier molecular flexibility index (Phi) is 24.5. The first-order chi connectivity index (χ1) is 39.6. The van der Waals surface area contributed by atoms with Crippen LogP contribution in [0.5, 0.6) is 0 Å². The van der Waals surface area contributed by atoms with Crippen LogP contribution in [-0.2, 0) is 65.8 Å². The summed E-state index contributed by atoms with van der Waals surface area (Å²) in [6, 6.07) is 24.7. The van der Waals surface area contributed by atoms with Crippen LogP contribution in [0.15, 0.2) is 106 Å². The highest BCUT2D eigenvalue weighted by Crippen LogP contribution is 2.48. The maximum Gasteiger partial charge on any atom is 0.338 e. The zero-order valence-corrected chi connectivity index (χ0v) is 59.4. The highest BCUT2D eigenvalue weighted by molar-refractivity contribution is 14.1. The van der Waals surface area contributed by atoms with E-state index in [2.05, 4.69) is 130 Å². The average Bonchev–Trinajstić information content (AvgIpc) is 1.82. The minimum Gasteiger partial charge on any atom is -0.458 e. The second-order valence-corrected chi connectivity index (χ2v) is 44.5. The molecule has 6 rings (SSSR count). The molecule has 85 heavy (non-hydrogen) atoms. The lowest BCUT2D eigenvalue weighted by atomic mass is 9.84. The number of benzene rings is 3. The molecule has 0 unspecified atom stereocenters. The lowest BCUT2D eigenvalue weighted by Crippen LogP contribution is -2.69. The third kappa shape index (κ3) is 17.5. The minimum absolute atomic E-state index is 0.0171. The molecule has 0 aromatic heterocycles. The molecule has 0 bridgehead atoms. The van der Waals surface area contributed by atoms with Gasteiger partial charge in [0.15, 0.2) is 46.9 Å². The number of hydrogen-bond acceptors (Lipinski definition) is 16. The first-order valence-corrected chi connectivity index (χ1v) is 41.3. The van der Waals surface area contributed by atoms with Crippen molar-refractivity contribution in [3.63, 3.8) is 0 Å². The van der Waals surface area contributed by atoms with Crippen molar-refractivity contribution in [2.45, 2.75) is 232 Å². The molecule has 16 nitrogen and oxygen atoms in total. The molecular formula is C64H97IO16SSi3. The zero-order valence-electron chi connectivity index (χ0n) is 53.5. The molecule has 0 N–H and O–H groups in total. The van der Waals surface area contributed by atoms with Gasteiger partial charge in [0, 0.05) is 46.5 Å². The van der Waals surface area contributed by atoms with Crippen LogP contribution < -0.4 is 0 Å². The van der Waals surface area contributed by atoms with Crippen LogP contribution in [0.3, 0.4) is 0 Å². The maximum absolute atomic E-state index is 15.9. The van der Waals surface area contributed by atoms with Gasteiger partial charge in [0.1, 0.15) is 42.4 Å². The maximum atomic E-state index is 15.9. The molecule has 0 saturated carbocycles. The first kappa shape index (κ1) is 71.1. The zero-order chi connectivity index (χ0) is 63.1. The third-order valence-corrected chi connectivity index (χ3v) is 34.5. The molecule has 3 heterocycles. The summed E-state index contributed by atoms with van der Waals surface area (Å²) >= 11 is 2.25. The molecule has 3 aromatic rings. The molecule has 3 aliphatic heterocycles. The van der Waals surface area contributed by atoms with Gasteiger partial charge in [-0.3, -0.25) is 4.79 Å². The van der Waals surface area contributed by atoms with Crippen LogP contribution in [0.4, 0.5) is 0 Å². The highest BCUT2D eigenvalue weighted by atomic mass is 127. The fourth-order valence-corrected chi connectivity index (χ4v) is 16.9. The molecule has 3 aromatic carbocycles. The first-order valence-electron chi connectivity index (χ1n) is 29.8. The topological polar surface area (TPSA) is 187 Å². The Bertz CT molecular complexity index is 2780. The Balaban J connectivity index is 1.43. The molecule has 3 saturated heterocycles. The van der Waals surface area contributed by atoms with E-state index < -0.39 is 137 Å². The lowest BCUT2D eigenvalue weighted by Gasteiger charge is -2.56. The van der Waals surface area contributed by atoms with Crippen molar-refractivity contribution in [1.82, 2.24) is 0 Å². The summed E-state index contributed by atoms with van der Waals surface area (Å²) < 4.78 is 107. The van der Waals surface area contributed by atoms with Gasteiger partial charge >= 0.3 is 11.9 Å². The van der Waals surface area contributed by atoms with Gasteiger partial charge in [-0.25, -0.2) is 18.0 Å². The van der Waals surface area contributed by atoms with Gasteiger partial charge in [0.2, 0.25) is 0 Å². The number of carbonyl (C=O) groups is 3. The number of sulfone groups is 1. The SMILES string of the molecule is COC(C[C@@H]1O[C@H](C[C@@H](COC(=O)c2ccccc2)OC(=O)c2ccccc2)[C@H](OC)[C@H]1[C@H](C(=O)C[C@H]1CC[C@@H]2O[C@@H]([C@H](/C=C/I)O[Si](C)(C)C(C)(C)C)[C@@H](O[Si](C)(C)C(C)(C)C)[C@@H](O[Si](C)(C)C(C)(C)C)[C@H]2O1)S(=O)(=O)c1ccccc1)OC. The number of halogens is 1. The predicted octanol–water partition coefficient (Wildman–Crippen LogP) is 13.1. The summed E-state index contributed by atoms with van der Waals surface area (Å²) in [6.07, 6.45) is -7.13. The number of fused-ring (bicyclic) bond motifs is 1. The van der Waals surface area contributed by atoms with Crippen LogP contribution in [0.25, 0.3) is 0 Å². The van der Waals surface area contributed by atoms with Gasteiger partial charge in [-0.05, 0) is 114 Å². The molecule has 3 fully saturated rings. The normalized spacial score (nSPS) is 25.7. The summed E-state index contributed by atoms with van der Waals surface area (Å²) in [7, 11) is -7.91. The molecule has 3 aliphatic rings. The van der Waals surface area contributed by atoms with Crippen LogP contribution in [0, 0.1) is 5.92 Å². The van der Waals surface area contributed by atoms with E-state index in [0.717, 1.165) is 0 Å². The van der Waals surface area contributed by atoms with Crippen molar-refractivity contribution in [3.05, 3.63) is 112 Å². The van der Waals surface area contributed by atoms with E-state index in [0.29, 0.717) is 18.4 Å². The molecular weight excluding hydrogens is 1270 g/mol. The molecule has 13 atom stereocenters. The van der Waals surface area contributed by atoms with Gasteiger partial charge in [-0.1, -0.05) is 140 Å². The second kappa shape index (κ2) is 29.3. The Morgan fingerprint density at radius 2 is 1.16 bits per heavy atom. The summed E-state index contributed by atoms with van der Waals surface area (Å²) in [6.45, 7) is 32.9. The quantitative estimate of drug-likeness (QED) is 0.0319. The molecule has 21 heteroatoms. The van der Waals surface area contributed by atoms with Crippen molar-refractivity contribution in [2.75, 3.05) is 27.9 Å². The predicted molar refractivity (Wildman–Crippen MR) is 345 cm³/mol. The van der Waals surface area contributed by atoms with Crippen LogP contribution in [-0.4, -0.2) is 158 Å². The van der Waals surface area contributed by atoms with Crippen molar-refractivity contribution in [3.8, 4) is 0 Å². The summed E-state index contributed by atoms with van der Waals surface area (Å²) in [5.41, 5.74) is 0.553. The third-order valence-electron chi connectivity index (χ3n) is 18.5. The minimum atomic E-state index is -4.56. The van der Waals surface area contributed by atoms with E-state index in [9.17, 15) is 9.59 Å². The van der Waals surface area contributed by atoms with Gasteiger partial charge in [-0.15, -0.1) is 0 Å². The number of ether oxygens (including phenoxy) is 8. The highest BCUT2D eigenvalue weighted by Gasteiger charge is 2.60. The van der Waals surface area contributed by atoms with E-state index in [-0.39, 0.29) is 51.4 Å². The van der Waals surface area contributed by atoms with E-state index >= 15 is 13.2 Å². The van der Waals surface area contributed by atoms with Crippen molar-refractivity contribution >= 4 is 75.1 Å². The fourth-order valence-electron chi connectivity index (χ4n) is 10.6. The lowest BCUT2D eigenvalue weighted by molar-refractivity contribution is -0.266. The molecule has 0 aliphatic carbocycles. The van der Waals surface area contributed by atoms with Crippen LogP contribution >= 0.6 is 22.6 Å².